The lowest BCUT2D eigenvalue weighted by atomic mass is 10.1. The van der Waals surface area contributed by atoms with Crippen LogP contribution >= 0.6 is 0 Å². The molecule has 1 aromatic heterocycles. The zero-order valence-corrected chi connectivity index (χ0v) is 15.5. The number of aromatic nitrogens is 1. The molecule has 1 aliphatic rings. The molecule has 1 saturated heterocycles. The van der Waals surface area contributed by atoms with Crippen LogP contribution in [0.15, 0.2) is 18.3 Å². The number of piperidine rings is 1. The second-order valence-corrected chi connectivity index (χ2v) is 7.41. The van der Waals surface area contributed by atoms with Gasteiger partial charge in [-0.25, -0.2) is 9.78 Å². The first-order valence-electron chi connectivity index (χ1n) is 9.06. The number of Topliss-reactive ketones (excluding diaryl/α,β-unsaturated/α-hetero) is 1. The molecule has 0 bridgehead atoms. The molecule has 1 aromatic rings. The molecule has 0 aromatic carbocycles. The number of anilines is 1. The van der Waals surface area contributed by atoms with E-state index in [-0.39, 0.29) is 5.78 Å². The third kappa shape index (κ3) is 6.72. The van der Waals surface area contributed by atoms with E-state index in [0.717, 1.165) is 18.9 Å². The van der Waals surface area contributed by atoms with Crippen molar-refractivity contribution in [3.8, 4) is 0 Å². The summed E-state index contributed by atoms with van der Waals surface area (Å²) in [6, 6.07) is 3.78. The van der Waals surface area contributed by atoms with E-state index >= 15 is 0 Å². The number of ketones is 1. The van der Waals surface area contributed by atoms with Crippen LogP contribution in [0, 0.1) is 0 Å². The highest BCUT2D eigenvalue weighted by Crippen LogP contribution is 2.18. The van der Waals surface area contributed by atoms with Gasteiger partial charge in [-0.1, -0.05) is 0 Å². The predicted molar refractivity (Wildman–Crippen MR) is 98.1 cm³/mol. The molecule has 25 heavy (non-hydrogen) atoms. The highest BCUT2D eigenvalue weighted by Gasteiger charge is 2.16. The molecular formula is C19H29N3O3. The highest BCUT2D eigenvalue weighted by atomic mass is 16.6. The third-order valence-electron chi connectivity index (χ3n) is 4.00. The van der Waals surface area contributed by atoms with Gasteiger partial charge < -0.3 is 15.0 Å². The molecule has 2 rings (SSSR count). The predicted octanol–water partition coefficient (Wildman–Crippen LogP) is 3.56. The first-order chi connectivity index (χ1) is 11.8. The van der Waals surface area contributed by atoms with E-state index in [1.807, 2.05) is 32.9 Å². The highest BCUT2D eigenvalue weighted by molar-refractivity contribution is 5.95. The molecule has 1 N–H and O–H groups in total. The van der Waals surface area contributed by atoms with Crippen molar-refractivity contribution in [1.29, 1.82) is 0 Å². The number of nitrogens with one attached hydrogen (secondary N) is 1. The van der Waals surface area contributed by atoms with E-state index < -0.39 is 11.7 Å². The van der Waals surface area contributed by atoms with Crippen molar-refractivity contribution in [3.05, 3.63) is 23.9 Å². The lowest BCUT2D eigenvalue weighted by molar-refractivity contribution is 0.0525. The monoisotopic (exact) mass is 347 g/mol. The quantitative estimate of drug-likeness (QED) is 0.629. The maximum atomic E-state index is 12.2. The summed E-state index contributed by atoms with van der Waals surface area (Å²) in [6.45, 7) is 7.94. The van der Waals surface area contributed by atoms with Gasteiger partial charge in [0.25, 0.3) is 0 Å². The maximum Gasteiger partial charge on any atom is 0.407 e. The van der Waals surface area contributed by atoms with Gasteiger partial charge in [0, 0.05) is 37.8 Å². The Bertz CT molecular complexity index is 573. The van der Waals surface area contributed by atoms with Crippen LogP contribution in [0.1, 0.15) is 63.2 Å². The smallest absolute Gasteiger partial charge is 0.407 e. The molecule has 0 radical (unpaired) electrons. The maximum absolute atomic E-state index is 12.2. The number of amides is 1. The second kappa shape index (κ2) is 8.83. The van der Waals surface area contributed by atoms with Gasteiger partial charge >= 0.3 is 6.09 Å². The molecule has 2 heterocycles. The first kappa shape index (κ1) is 19.2. The Labute approximate surface area is 150 Å². The Balaban J connectivity index is 1.72. The van der Waals surface area contributed by atoms with Crippen LogP contribution < -0.4 is 10.2 Å². The normalized spacial score (nSPS) is 14.9. The number of hydrogen-bond acceptors (Lipinski definition) is 5. The molecule has 6 heteroatoms. The third-order valence-corrected chi connectivity index (χ3v) is 4.00. The van der Waals surface area contributed by atoms with Crippen LogP contribution in [-0.2, 0) is 4.74 Å². The molecule has 1 aliphatic heterocycles. The number of ether oxygens (including phenoxy) is 1. The minimum absolute atomic E-state index is 0.0451. The topological polar surface area (TPSA) is 71.5 Å². The summed E-state index contributed by atoms with van der Waals surface area (Å²) in [5.74, 6) is 0.992. The summed E-state index contributed by atoms with van der Waals surface area (Å²) in [4.78, 5) is 30.4. The van der Waals surface area contributed by atoms with E-state index in [0.29, 0.717) is 24.9 Å². The molecule has 1 fully saturated rings. The van der Waals surface area contributed by atoms with Crippen molar-refractivity contribution in [3.63, 3.8) is 0 Å². The van der Waals surface area contributed by atoms with Gasteiger partial charge in [-0.15, -0.1) is 0 Å². The Kier molecular flexibility index (Phi) is 6.79. The zero-order valence-electron chi connectivity index (χ0n) is 15.5. The molecule has 0 aliphatic carbocycles. The minimum Gasteiger partial charge on any atom is -0.444 e. The van der Waals surface area contributed by atoms with Gasteiger partial charge in [-0.05, 0) is 58.6 Å². The Morgan fingerprint density at radius 2 is 1.92 bits per heavy atom. The standard InChI is InChI=1S/C19H29N3O3/c1-19(2,3)25-18(24)20-11-7-8-16(23)15-9-10-17(21-14-15)22-12-5-4-6-13-22/h9-10,14H,4-8,11-13H2,1-3H3,(H,20,24). The summed E-state index contributed by atoms with van der Waals surface area (Å²) < 4.78 is 5.15. The van der Waals surface area contributed by atoms with Crippen LogP contribution in [0.3, 0.4) is 0 Å². The number of alkyl carbamates (subject to hydrolysis) is 1. The average Bonchev–Trinajstić information content (AvgIpc) is 2.58. The zero-order chi connectivity index (χ0) is 18.3. The molecule has 0 saturated carbocycles. The summed E-state index contributed by atoms with van der Waals surface area (Å²) >= 11 is 0. The van der Waals surface area contributed by atoms with Crippen molar-refractivity contribution in [1.82, 2.24) is 10.3 Å². The molecule has 0 atom stereocenters. The number of nitrogens with zero attached hydrogens (tertiary/aromatic N) is 2. The number of carbonyl (C=O) groups is 2. The second-order valence-electron chi connectivity index (χ2n) is 7.41. The Hall–Kier alpha value is -2.11. The fourth-order valence-corrected chi connectivity index (χ4v) is 2.76. The van der Waals surface area contributed by atoms with Crippen LogP contribution in [-0.4, -0.2) is 42.1 Å². The van der Waals surface area contributed by atoms with Gasteiger partial charge in [0.1, 0.15) is 11.4 Å². The van der Waals surface area contributed by atoms with E-state index in [9.17, 15) is 9.59 Å². The number of hydrogen-bond donors (Lipinski definition) is 1. The van der Waals surface area contributed by atoms with Gasteiger partial charge in [0.2, 0.25) is 0 Å². The fourth-order valence-electron chi connectivity index (χ4n) is 2.76. The van der Waals surface area contributed by atoms with Crippen LogP contribution in [0.4, 0.5) is 10.6 Å². The van der Waals surface area contributed by atoms with E-state index in [4.69, 9.17) is 4.74 Å². The van der Waals surface area contributed by atoms with Crippen molar-refractivity contribution < 1.29 is 14.3 Å². The lowest BCUT2D eigenvalue weighted by Crippen LogP contribution is -2.33. The SMILES string of the molecule is CC(C)(C)OC(=O)NCCCC(=O)c1ccc(N2CCCCC2)nc1. The fraction of sp³-hybridized carbons (Fsp3) is 0.632. The first-order valence-corrected chi connectivity index (χ1v) is 9.06. The Morgan fingerprint density at radius 3 is 2.52 bits per heavy atom. The molecule has 0 unspecified atom stereocenters. The minimum atomic E-state index is -0.512. The van der Waals surface area contributed by atoms with E-state index in [1.165, 1.54) is 19.3 Å². The number of carbonyl (C=O) groups excluding carboxylic acids is 2. The molecule has 138 valence electrons. The number of pyridine rings is 1. The van der Waals surface area contributed by atoms with Crippen molar-refractivity contribution >= 4 is 17.7 Å². The van der Waals surface area contributed by atoms with Gasteiger partial charge in [-0.2, -0.15) is 0 Å². The lowest BCUT2D eigenvalue weighted by Gasteiger charge is -2.27. The summed E-state index contributed by atoms with van der Waals surface area (Å²) in [7, 11) is 0. The van der Waals surface area contributed by atoms with Crippen molar-refractivity contribution in [2.45, 2.75) is 58.5 Å². The summed E-state index contributed by atoms with van der Waals surface area (Å²) in [6.07, 6.45) is 5.84. The van der Waals surface area contributed by atoms with Gasteiger partial charge in [0.15, 0.2) is 5.78 Å². The largest absolute Gasteiger partial charge is 0.444 e. The van der Waals surface area contributed by atoms with Crippen LogP contribution in [0.2, 0.25) is 0 Å². The summed E-state index contributed by atoms with van der Waals surface area (Å²) in [5.41, 5.74) is 0.111. The molecule has 6 nitrogen and oxygen atoms in total. The van der Waals surface area contributed by atoms with Crippen LogP contribution in [0.5, 0.6) is 0 Å². The van der Waals surface area contributed by atoms with Crippen molar-refractivity contribution in [2.75, 3.05) is 24.5 Å². The average molecular weight is 347 g/mol. The summed E-state index contributed by atoms with van der Waals surface area (Å²) in [5, 5.41) is 2.66. The van der Waals surface area contributed by atoms with Gasteiger partial charge in [0.05, 0.1) is 0 Å². The van der Waals surface area contributed by atoms with E-state index in [2.05, 4.69) is 15.2 Å². The Morgan fingerprint density at radius 1 is 1.20 bits per heavy atom. The van der Waals surface area contributed by atoms with Crippen LogP contribution in [0.25, 0.3) is 0 Å². The molecular weight excluding hydrogens is 318 g/mol. The molecule has 0 spiro atoms. The molecule has 1 amide bonds. The van der Waals surface area contributed by atoms with Gasteiger partial charge in [-0.3, -0.25) is 4.79 Å². The van der Waals surface area contributed by atoms with Crippen molar-refractivity contribution in [2.24, 2.45) is 0 Å². The number of rotatable bonds is 6. The van der Waals surface area contributed by atoms with E-state index in [1.54, 1.807) is 6.20 Å².